The zero-order valence-electron chi connectivity index (χ0n) is 23.7. The van der Waals surface area contributed by atoms with E-state index in [-0.39, 0.29) is 28.9 Å². The third kappa shape index (κ3) is 7.60. The highest BCUT2D eigenvalue weighted by atomic mass is 35.5. The molecule has 3 aromatic rings. The van der Waals surface area contributed by atoms with E-state index in [0.29, 0.717) is 18.1 Å². The van der Waals surface area contributed by atoms with Crippen LogP contribution in [0, 0.1) is 0 Å². The Bertz CT molecular complexity index is 1510. The topological polar surface area (TPSA) is 90.0 Å². The van der Waals surface area contributed by atoms with Crippen LogP contribution in [0.4, 0.5) is 0 Å². The molecule has 0 radical (unpaired) electrons. The Morgan fingerprint density at radius 1 is 0.738 bits per heavy atom. The van der Waals surface area contributed by atoms with Crippen LogP contribution in [0.15, 0.2) is 88.7 Å². The molecule has 1 aliphatic carbocycles. The maximum atomic E-state index is 13.9. The Hall–Kier alpha value is -2.31. The van der Waals surface area contributed by atoms with E-state index in [4.69, 9.17) is 11.6 Å². The van der Waals surface area contributed by atoms with E-state index >= 15 is 0 Å². The highest BCUT2D eigenvalue weighted by Crippen LogP contribution is 2.31. The fourth-order valence-corrected chi connectivity index (χ4v) is 8.92. The van der Waals surface area contributed by atoms with Gasteiger partial charge in [0.05, 0.1) is 9.79 Å². The van der Waals surface area contributed by atoms with E-state index in [2.05, 4.69) is 10.2 Å². The van der Waals surface area contributed by atoms with Gasteiger partial charge in [0.15, 0.2) is 0 Å². The molecule has 11 heteroatoms. The summed E-state index contributed by atoms with van der Waals surface area (Å²) in [4.78, 5) is 2.44. The molecular formula is C31H39ClN4O4S2. The molecule has 1 saturated carbocycles. The van der Waals surface area contributed by atoms with E-state index in [0.717, 1.165) is 63.0 Å². The average Bonchev–Trinajstić information content (AvgIpc) is 3.54. The largest absolute Gasteiger partial charge is 0.314 e. The van der Waals surface area contributed by atoms with Crippen molar-refractivity contribution in [2.24, 2.45) is 0 Å². The van der Waals surface area contributed by atoms with Crippen LogP contribution < -0.4 is 5.32 Å². The van der Waals surface area contributed by atoms with Crippen LogP contribution in [0.1, 0.15) is 36.8 Å². The molecule has 2 fully saturated rings. The Morgan fingerprint density at radius 2 is 1.31 bits per heavy atom. The molecule has 1 saturated heterocycles. The van der Waals surface area contributed by atoms with Gasteiger partial charge in [-0.1, -0.05) is 66.9 Å². The number of benzene rings is 3. The maximum Gasteiger partial charge on any atom is 0.243 e. The molecule has 0 aromatic heterocycles. The van der Waals surface area contributed by atoms with E-state index < -0.39 is 20.0 Å². The Kier molecular flexibility index (Phi) is 10.4. The lowest BCUT2D eigenvalue weighted by atomic mass is 10.2. The van der Waals surface area contributed by atoms with Crippen molar-refractivity contribution in [3.8, 4) is 0 Å². The normalized spacial score (nSPS) is 17.3. The number of piperazine rings is 1. The third-order valence-corrected chi connectivity index (χ3v) is 12.2. The molecule has 226 valence electrons. The summed E-state index contributed by atoms with van der Waals surface area (Å²) in [6.45, 7) is 4.97. The summed E-state index contributed by atoms with van der Waals surface area (Å²) in [7, 11) is -7.75. The number of hydrogen-bond acceptors (Lipinski definition) is 6. The molecule has 5 rings (SSSR count). The van der Waals surface area contributed by atoms with E-state index in [1.54, 1.807) is 16.4 Å². The summed E-state index contributed by atoms with van der Waals surface area (Å²) in [5.41, 5.74) is 1.75. The van der Waals surface area contributed by atoms with Gasteiger partial charge in [0.2, 0.25) is 20.0 Å². The first-order chi connectivity index (χ1) is 20.2. The van der Waals surface area contributed by atoms with Gasteiger partial charge in [-0.2, -0.15) is 8.61 Å². The number of rotatable bonds is 12. The SMILES string of the molecule is O=S(=O)(c1ccc(S(=O)(=O)N(Cc2ccc(Cl)cc2)C2CCCC2)cc1)N(CCN1CCNCC1)Cc1ccccc1. The fourth-order valence-electron chi connectivity index (χ4n) is 5.70. The minimum Gasteiger partial charge on any atom is -0.314 e. The summed E-state index contributed by atoms with van der Waals surface area (Å²) in [6, 6.07) is 22.4. The smallest absolute Gasteiger partial charge is 0.243 e. The number of sulfonamides is 2. The van der Waals surface area contributed by atoms with Crippen LogP contribution in [0.2, 0.25) is 5.02 Å². The lowest BCUT2D eigenvalue weighted by molar-refractivity contribution is 0.222. The van der Waals surface area contributed by atoms with Crippen LogP contribution in [0.25, 0.3) is 0 Å². The Labute approximate surface area is 255 Å². The van der Waals surface area contributed by atoms with Crippen molar-refractivity contribution >= 4 is 31.6 Å². The number of nitrogens with zero attached hydrogens (tertiary/aromatic N) is 3. The lowest BCUT2D eigenvalue weighted by Crippen LogP contribution is -2.46. The van der Waals surface area contributed by atoms with Crippen LogP contribution >= 0.6 is 11.6 Å². The fraction of sp³-hybridized carbons (Fsp3) is 0.419. The van der Waals surface area contributed by atoms with Gasteiger partial charge in [-0.15, -0.1) is 0 Å². The molecule has 0 atom stereocenters. The summed E-state index contributed by atoms with van der Waals surface area (Å²) >= 11 is 6.05. The molecule has 42 heavy (non-hydrogen) atoms. The molecule has 0 unspecified atom stereocenters. The predicted molar refractivity (Wildman–Crippen MR) is 166 cm³/mol. The number of halogens is 1. The van der Waals surface area contributed by atoms with Crippen molar-refractivity contribution in [3.63, 3.8) is 0 Å². The second-order valence-corrected chi connectivity index (χ2v) is 15.3. The van der Waals surface area contributed by atoms with Gasteiger partial charge in [0.1, 0.15) is 0 Å². The molecule has 1 aliphatic heterocycles. The first-order valence-corrected chi connectivity index (χ1v) is 17.8. The van der Waals surface area contributed by atoms with Gasteiger partial charge < -0.3 is 5.32 Å². The second-order valence-electron chi connectivity index (χ2n) is 11.0. The highest BCUT2D eigenvalue weighted by Gasteiger charge is 2.34. The van der Waals surface area contributed by atoms with Gasteiger partial charge in [-0.3, -0.25) is 4.90 Å². The highest BCUT2D eigenvalue weighted by molar-refractivity contribution is 7.89. The van der Waals surface area contributed by atoms with Crippen molar-refractivity contribution in [1.29, 1.82) is 0 Å². The number of hydrogen-bond donors (Lipinski definition) is 1. The molecule has 1 heterocycles. The molecule has 3 aromatic carbocycles. The summed E-state index contributed by atoms with van der Waals surface area (Å²) in [6.07, 6.45) is 3.58. The maximum absolute atomic E-state index is 13.9. The predicted octanol–water partition coefficient (Wildman–Crippen LogP) is 4.57. The van der Waals surface area contributed by atoms with Crippen molar-refractivity contribution in [1.82, 2.24) is 18.8 Å². The summed E-state index contributed by atoms with van der Waals surface area (Å²) in [5.74, 6) is 0. The third-order valence-electron chi connectivity index (χ3n) is 8.13. The van der Waals surface area contributed by atoms with Gasteiger partial charge >= 0.3 is 0 Å². The monoisotopic (exact) mass is 630 g/mol. The van der Waals surface area contributed by atoms with Crippen molar-refractivity contribution < 1.29 is 16.8 Å². The van der Waals surface area contributed by atoms with Gasteiger partial charge in [-0.05, 0) is 60.4 Å². The zero-order valence-corrected chi connectivity index (χ0v) is 26.1. The molecule has 8 nitrogen and oxygen atoms in total. The molecule has 2 aliphatic rings. The standard InChI is InChI=1S/C31H39ClN4O4S2/c32-28-12-10-27(11-13-28)25-36(29-8-4-5-9-29)42(39,40)31-16-14-30(15-17-31)41(37,38)35(24-26-6-2-1-3-7-26)23-22-34-20-18-33-19-21-34/h1-3,6-7,10-17,29,33H,4-5,8-9,18-25H2. The Morgan fingerprint density at radius 3 is 1.93 bits per heavy atom. The van der Waals surface area contributed by atoms with Crippen LogP contribution in [0.5, 0.6) is 0 Å². The first-order valence-electron chi connectivity index (χ1n) is 14.6. The van der Waals surface area contributed by atoms with E-state index in [1.807, 2.05) is 42.5 Å². The van der Waals surface area contributed by atoms with E-state index in [9.17, 15) is 16.8 Å². The molecule has 0 bridgehead atoms. The summed E-state index contributed by atoms with van der Waals surface area (Å²) < 4.78 is 58.8. The Balaban J connectivity index is 1.38. The van der Waals surface area contributed by atoms with Gasteiger partial charge in [0.25, 0.3) is 0 Å². The van der Waals surface area contributed by atoms with Crippen LogP contribution in [-0.4, -0.2) is 75.7 Å². The van der Waals surface area contributed by atoms with E-state index in [1.165, 1.54) is 28.6 Å². The lowest BCUT2D eigenvalue weighted by Gasteiger charge is -2.30. The van der Waals surface area contributed by atoms with Crippen LogP contribution in [-0.2, 0) is 33.1 Å². The molecule has 0 spiro atoms. The van der Waals surface area contributed by atoms with Crippen molar-refractivity contribution in [2.45, 2.75) is 54.6 Å². The van der Waals surface area contributed by atoms with Crippen LogP contribution in [0.3, 0.4) is 0 Å². The minimum absolute atomic E-state index is 0.0859. The molecular weight excluding hydrogens is 592 g/mol. The quantitative estimate of drug-likeness (QED) is 0.315. The molecule has 1 N–H and O–H groups in total. The minimum atomic E-state index is -3.88. The molecule has 0 amide bonds. The summed E-state index contributed by atoms with van der Waals surface area (Å²) in [5, 5.41) is 3.92. The second kappa shape index (κ2) is 14.0. The zero-order chi connectivity index (χ0) is 29.6. The van der Waals surface area contributed by atoms with Crippen molar-refractivity contribution in [2.75, 3.05) is 39.3 Å². The number of nitrogens with one attached hydrogen (secondary N) is 1. The first kappa shape index (κ1) is 31.1. The van der Waals surface area contributed by atoms with Crippen molar-refractivity contribution in [3.05, 3.63) is 95.0 Å². The van der Waals surface area contributed by atoms with Gasteiger partial charge in [-0.25, -0.2) is 16.8 Å². The average molecular weight is 631 g/mol. The van der Waals surface area contributed by atoms with Gasteiger partial charge in [0, 0.05) is 63.4 Å².